The largest absolute Gasteiger partial charge is 0.466 e. The fourth-order valence-corrected chi connectivity index (χ4v) is 6.62. The summed E-state index contributed by atoms with van der Waals surface area (Å²) in [5.74, 6) is -2.97. The van der Waals surface area contributed by atoms with Gasteiger partial charge < -0.3 is 9.47 Å². The molecule has 0 radical (unpaired) electrons. The molecular weight excluding hydrogens is 472 g/mol. The van der Waals surface area contributed by atoms with Crippen LogP contribution in [0.15, 0.2) is 97.1 Å². The fourth-order valence-electron chi connectivity index (χ4n) is 6.62. The lowest BCUT2D eigenvalue weighted by atomic mass is 9.69. The van der Waals surface area contributed by atoms with Gasteiger partial charge in [0.1, 0.15) is 0 Å². The smallest absolute Gasteiger partial charge is 0.310 e. The van der Waals surface area contributed by atoms with Crippen LogP contribution in [-0.4, -0.2) is 25.2 Å². The molecule has 2 atom stereocenters. The molecule has 0 amide bonds. The van der Waals surface area contributed by atoms with Crippen molar-refractivity contribution in [3.05, 3.63) is 119 Å². The minimum absolute atomic E-state index is 0.235. The highest BCUT2D eigenvalue weighted by Gasteiger charge is 2.51. The highest BCUT2D eigenvalue weighted by atomic mass is 16.5. The van der Waals surface area contributed by atoms with Gasteiger partial charge in [0.2, 0.25) is 0 Å². The van der Waals surface area contributed by atoms with Gasteiger partial charge in [-0.2, -0.15) is 0 Å². The van der Waals surface area contributed by atoms with Gasteiger partial charge >= 0.3 is 11.9 Å². The van der Waals surface area contributed by atoms with E-state index in [1.807, 2.05) is 62.4 Å². The van der Waals surface area contributed by atoms with Gasteiger partial charge in [-0.25, -0.2) is 0 Å². The molecule has 2 aliphatic rings. The van der Waals surface area contributed by atoms with Crippen LogP contribution in [-0.2, 0) is 19.1 Å². The van der Waals surface area contributed by atoms with Gasteiger partial charge in [0.25, 0.3) is 0 Å². The molecule has 38 heavy (non-hydrogen) atoms. The molecular formula is C34H30O4. The first-order valence-corrected chi connectivity index (χ1v) is 13.3. The number of esters is 2. The van der Waals surface area contributed by atoms with Gasteiger partial charge in [0.15, 0.2) is 0 Å². The predicted octanol–water partition coefficient (Wildman–Crippen LogP) is 6.97. The minimum atomic E-state index is -0.775. The molecule has 4 nitrogen and oxygen atoms in total. The van der Waals surface area contributed by atoms with Crippen molar-refractivity contribution in [2.45, 2.75) is 25.7 Å². The second-order valence-corrected chi connectivity index (χ2v) is 9.86. The van der Waals surface area contributed by atoms with E-state index in [0.29, 0.717) is 0 Å². The number of fused-ring (bicyclic) bond motifs is 6. The standard InChI is InChI=1S/C34H30O4/c1-3-37-33(35)31(29-25-17-9-5-13-21(25)22-14-6-10-18-26(22)29)32(34(36)38-4-2)30-27-19-11-7-15-23(27)24-16-8-12-20-28(24)30/h5-20,29-32H,3-4H2,1-2H3. The maximum Gasteiger partial charge on any atom is 0.310 e. The zero-order valence-corrected chi connectivity index (χ0v) is 21.6. The quantitative estimate of drug-likeness (QED) is 0.256. The summed E-state index contributed by atoms with van der Waals surface area (Å²) in [7, 11) is 0. The summed E-state index contributed by atoms with van der Waals surface area (Å²) in [4.78, 5) is 28.1. The van der Waals surface area contributed by atoms with Crippen LogP contribution in [0.5, 0.6) is 0 Å². The number of hydrogen-bond acceptors (Lipinski definition) is 4. The van der Waals surface area contributed by atoms with Crippen LogP contribution < -0.4 is 0 Å². The molecule has 0 heterocycles. The summed E-state index contributed by atoms with van der Waals surface area (Å²) >= 11 is 0. The van der Waals surface area contributed by atoms with Gasteiger partial charge in [0, 0.05) is 11.8 Å². The van der Waals surface area contributed by atoms with Crippen molar-refractivity contribution in [2.24, 2.45) is 11.8 Å². The molecule has 190 valence electrons. The van der Waals surface area contributed by atoms with Gasteiger partial charge in [-0.15, -0.1) is 0 Å². The molecule has 2 unspecified atom stereocenters. The third kappa shape index (κ3) is 3.75. The number of carbonyl (C=O) groups is 2. The molecule has 0 saturated heterocycles. The second-order valence-electron chi connectivity index (χ2n) is 9.86. The average molecular weight is 503 g/mol. The highest BCUT2D eigenvalue weighted by Crippen LogP contribution is 2.56. The van der Waals surface area contributed by atoms with Gasteiger partial charge in [0.05, 0.1) is 25.0 Å². The average Bonchev–Trinajstić information content (AvgIpc) is 3.45. The maximum absolute atomic E-state index is 14.1. The van der Waals surface area contributed by atoms with Gasteiger partial charge in [-0.05, 0) is 58.4 Å². The van der Waals surface area contributed by atoms with Gasteiger partial charge in [-0.3, -0.25) is 9.59 Å². The summed E-state index contributed by atoms with van der Waals surface area (Å²) in [6.07, 6.45) is 0. The summed E-state index contributed by atoms with van der Waals surface area (Å²) in [5.41, 5.74) is 8.55. The van der Waals surface area contributed by atoms with Crippen LogP contribution in [0.3, 0.4) is 0 Å². The van der Waals surface area contributed by atoms with Crippen molar-refractivity contribution in [2.75, 3.05) is 13.2 Å². The second kappa shape index (κ2) is 9.94. The van der Waals surface area contributed by atoms with E-state index in [1.54, 1.807) is 0 Å². The van der Waals surface area contributed by atoms with Crippen molar-refractivity contribution in [3.8, 4) is 22.3 Å². The molecule has 4 aromatic rings. The molecule has 2 aliphatic carbocycles. The topological polar surface area (TPSA) is 52.6 Å². The van der Waals surface area contributed by atoms with E-state index in [4.69, 9.17) is 9.47 Å². The first kappa shape index (κ1) is 24.2. The number of ether oxygens (including phenoxy) is 2. The van der Waals surface area contributed by atoms with Crippen LogP contribution >= 0.6 is 0 Å². The monoisotopic (exact) mass is 502 g/mol. The Morgan fingerprint density at radius 1 is 0.526 bits per heavy atom. The summed E-state index contributed by atoms with van der Waals surface area (Å²) in [6.45, 7) is 4.09. The Morgan fingerprint density at radius 3 is 1.05 bits per heavy atom. The zero-order chi connectivity index (χ0) is 26.2. The third-order valence-corrected chi connectivity index (χ3v) is 7.99. The maximum atomic E-state index is 14.1. The van der Waals surface area contributed by atoms with E-state index >= 15 is 0 Å². The van der Waals surface area contributed by atoms with E-state index in [1.165, 1.54) is 0 Å². The number of benzene rings is 4. The summed E-state index contributed by atoms with van der Waals surface area (Å²) in [5, 5.41) is 0. The molecule has 0 spiro atoms. The third-order valence-electron chi connectivity index (χ3n) is 7.99. The van der Waals surface area contributed by atoms with Crippen LogP contribution in [0.25, 0.3) is 22.3 Å². The van der Waals surface area contributed by atoms with E-state index in [0.717, 1.165) is 44.5 Å². The lowest BCUT2D eigenvalue weighted by molar-refractivity contribution is -0.161. The molecule has 0 bridgehead atoms. The molecule has 0 aliphatic heterocycles. The van der Waals surface area contributed by atoms with Crippen molar-refractivity contribution in [1.82, 2.24) is 0 Å². The van der Waals surface area contributed by atoms with Gasteiger partial charge in [-0.1, -0.05) is 97.1 Å². The van der Waals surface area contributed by atoms with E-state index < -0.39 is 11.8 Å². The fraction of sp³-hybridized carbons (Fsp3) is 0.235. The lowest BCUT2D eigenvalue weighted by Gasteiger charge is -2.34. The van der Waals surface area contributed by atoms with Crippen LogP contribution in [0.2, 0.25) is 0 Å². The Labute approximate surface area is 223 Å². The molecule has 4 heteroatoms. The van der Waals surface area contributed by atoms with E-state index in [-0.39, 0.29) is 37.0 Å². The van der Waals surface area contributed by atoms with Crippen LogP contribution in [0.4, 0.5) is 0 Å². The Morgan fingerprint density at radius 2 is 0.789 bits per heavy atom. The lowest BCUT2D eigenvalue weighted by Crippen LogP contribution is -2.40. The Hall–Kier alpha value is -4.18. The number of carbonyl (C=O) groups excluding carboxylic acids is 2. The van der Waals surface area contributed by atoms with Crippen molar-refractivity contribution < 1.29 is 19.1 Å². The van der Waals surface area contributed by atoms with Crippen LogP contribution in [0, 0.1) is 11.8 Å². The SMILES string of the molecule is CCOC(=O)C(C1c2ccccc2-c2ccccc21)C(C(=O)OCC)C1c2ccccc2-c2ccccc21. The highest BCUT2D eigenvalue weighted by molar-refractivity contribution is 5.90. The number of hydrogen-bond donors (Lipinski definition) is 0. The summed E-state index contributed by atoms with van der Waals surface area (Å²) in [6, 6.07) is 32.7. The molecule has 6 rings (SSSR count). The molecule has 4 aromatic carbocycles. The van der Waals surface area contributed by atoms with Crippen molar-refractivity contribution in [3.63, 3.8) is 0 Å². The first-order chi connectivity index (χ1) is 18.7. The first-order valence-electron chi connectivity index (χ1n) is 13.3. The molecule has 0 fully saturated rings. The Kier molecular flexibility index (Phi) is 6.32. The van der Waals surface area contributed by atoms with Crippen molar-refractivity contribution >= 4 is 11.9 Å². The predicted molar refractivity (Wildman–Crippen MR) is 148 cm³/mol. The van der Waals surface area contributed by atoms with E-state index in [2.05, 4.69) is 48.5 Å². The number of rotatable bonds is 7. The van der Waals surface area contributed by atoms with Crippen LogP contribution in [0.1, 0.15) is 47.9 Å². The molecule has 0 saturated carbocycles. The normalized spacial score (nSPS) is 15.1. The molecule has 0 aromatic heterocycles. The summed E-state index contributed by atoms with van der Waals surface area (Å²) < 4.78 is 11.5. The van der Waals surface area contributed by atoms with Crippen molar-refractivity contribution in [1.29, 1.82) is 0 Å². The molecule has 0 N–H and O–H groups in total. The van der Waals surface area contributed by atoms with E-state index in [9.17, 15) is 9.59 Å². The minimum Gasteiger partial charge on any atom is -0.466 e. The Balaban J connectivity index is 1.60. The Bertz CT molecular complexity index is 1310. The zero-order valence-electron chi connectivity index (χ0n) is 21.6.